The van der Waals surface area contributed by atoms with Crippen molar-refractivity contribution >= 4 is 11.7 Å². The first-order valence-corrected chi connectivity index (χ1v) is 10.9. The number of nitrogens with two attached hydrogens (primary N) is 1. The van der Waals surface area contributed by atoms with Gasteiger partial charge in [-0.1, -0.05) is 36.4 Å². The normalized spacial score (nSPS) is 16.5. The minimum Gasteiger partial charge on any atom is -0.383 e. The molecule has 3 heterocycles. The van der Waals surface area contributed by atoms with Crippen LogP contribution in [0.1, 0.15) is 21.5 Å². The molecule has 0 aliphatic carbocycles. The summed E-state index contributed by atoms with van der Waals surface area (Å²) in [6, 6.07) is 15.2. The average Bonchev–Trinajstić information content (AvgIpc) is 2.81. The van der Waals surface area contributed by atoms with Crippen LogP contribution in [0.4, 0.5) is 10.2 Å². The van der Waals surface area contributed by atoms with Gasteiger partial charge in [-0.05, 0) is 40.8 Å². The van der Waals surface area contributed by atoms with Crippen molar-refractivity contribution in [3.05, 3.63) is 71.2 Å². The number of fused-ring (bicyclic) bond motifs is 1. The Labute approximate surface area is 186 Å². The van der Waals surface area contributed by atoms with Gasteiger partial charge in [0.05, 0.1) is 13.2 Å². The summed E-state index contributed by atoms with van der Waals surface area (Å²) in [5.74, 6) is -0.527. The van der Waals surface area contributed by atoms with Gasteiger partial charge in [0, 0.05) is 42.9 Å². The van der Waals surface area contributed by atoms with E-state index in [-0.39, 0.29) is 11.7 Å². The number of ether oxygens (including phenoxy) is 1. The third-order valence-corrected chi connectivity index (χ3v) is 6.12. The summed E-state index contributed by atoms with van der Waals surface area (Å²) in [7, 11) is 0. The molecule has 3 N–H and O–H groups in total. The quantitative estimate of drug-likeness (QED) is 0.619. The number of morpholine rings is 1. The predicted octanol–water partition coefficient (Wildman–Crippen LogP) is 3.26. The number of rotatable bonds is 4. The number of aromatic nitrogens is 1. The number of nitrogens with one attached hydrogen (secondary N) is 1. The highest BCUT2D eigenvalue weighted by Crippen LogP contribution is 2.33. The monoisotopic (exact) mass is 432 g/mol. The van der Waals surface area contributed by atoms with Crippen LogP contribution in [0.3, 0.4) is 0 Å². The van der Waals surface area contributed by atoms with Gasteiger partial charge in [0.2, 0.25) is 5.95 Å². The van der Waals surface area contributed by atoms with Crippen LogP contribution >= 0.6 is 0 Å². The topological polar surface area (TPSA) is 80.5 Å². The van der Waals surface area contributed by atoms with Gasteiger partial charge >= 0.3 is 0 Å². The Morgan fingerprint density at radius 2 is 1.75 bits per heavy atom. The lowest BCUT2D eigenvalue weighted by atomic mass is 9.94. The lowest BCUT2D eigenvalue weighted by Crippen LogP contribution is -2.35. The molecule has 32 heavy (non-hydrogen) atoms. The molecule has 7 heteroatoms. The zero-order chi connectivity index (χ0) is 22.1. The van der Waals surface area contributed by atoms with E-state index in [4.69, 9.17) is 10.5 Å². The number of benzene rings is 2. The third kappa shape index (κ3) is 4.09. The SMILES string of the molecule is Nc1nc(F)c(-c2ccc(CN3CCOCC3)cc2)cc1-c1ccc2c(c1)CCNC2=O. The van der Waals surface area contributed by atoms with Crippen molar-refractivity contribution in [1.82, 2.24) is 15.2 Å². The zero-order valence-electron chi connectivity index (χ0n) is 17.7. The standard InChI is InChI=1S/C25H25FN4O2/c26-23-21(17-3-1-16(2-4-17)15-30-9-11-32-12-10-30)14-22(24(27)29-23)18-5-6-20-19(13-18)7-8-28-25(20)31/h1-6,13-14H,7-12,15H2,(H2,27,29)(H,28,31). The molecule has 164 valence electrons. The highest BCUT2D eigenvalue weighted by Gasteiger charge is 2.19. The molecular weight excluding hydrogens is 407 g/mol. The van der Waals surface area contributed by atoms with Crippen LogP contribution in [0.2, 0.25) is 0 Å². The van der Waals surface area contributed by atoms with Crippen molar-refractivity contribution in [2.45, 2.75) is 13.0 Å². The molecule has 5 rings (SSSR count). The van der Waals surface area contributed by atoms with Crippen molar-refractivity contribution < 1.29 is 13.9 Å². The lowest BCUT2D eigenvalue weighted by molar-refractivity contribution is 0.0342. The van der Waals surface area contributed by atoms with Gasteiger partial charge in [-0.15, -0.1) is 0 Å². The largest absolute Gasteiger partial charge is 0.383 e. The van der Waals surface area contributed by atoms with Gasteiger partial charge in [-0.2, -0.15) is 4.39 Å². The lowest BCUT2D eigenvalue weighted by Gasteiger charge is -2.26. The van der Waals surface area contributed by atoms with Gasteiger partial charge in [-0.25, -0.2) is 4.98 Å². The Hall–Kier alpha value is -3.29. The molecule has 2 aliphatic heterocycles. The number of nitrogen functional groups attached to an aromatic ring is 1. The number of amides is 1. The fourth-order valence-corrected chi connectivity index (χ4v) is 4.34. The molecule has 1 aromatic heterocycles. The average molecular weight is 432 g/mol. The first kappa shape index (κ1) is 20.6. The summed E-state index contributed by atoms with van der Waals surface area (Å²) in [6.45, 7) is 4.82. The Kier molecular flexibility index (Phi) is 5.59. The maximum Gasteiger partial charge on any atom is 0.251 e. The van der Waals surface area contributed by atoms with E-state index in [0.717, 1.165) is 56.0 Å². The molecule has 1 fully saturated rings. The summed E-state index contributed by atoms with van der Waals surface area (Å²) < 4.78 is 20.2. The van der Waals surface area contributed by atoms with Crippen LogP contribution in [-0.4, -0.2) is 48.6 Å². The van der Waals surface area contributed by atoms with E-state index in [9.17, 15) is 9.18 Å². The molecule has 0 bridgehead atoms. The number of carbonyl (C=O) groups excluding carboxylic acids is 1. The van der Waals surface area contributed by atoms with Crippen molar-refractivity contribution in [3.8, 4) is 22.3 Å². The number of anilines is 1. The highest BCUT2D eigenvalue weighted by atomic mass is 19.1. The van der Waals surface area contributed by atoms with Crippen molar-refractivity contribution in [3.63, 3.8) is 0 Å². The summed E-state index contributed by atoms with van der Waals surface area (Å²) in [5, 5.41) is 2.84. The molecule has 0 atom stereocenters. The molecule has 0 radical (unpaired) electrons. The van der Waals surface area contributed by atoms with Gasteiger partial charge in [0.25, 0.3) is 5.91 Å². The Morgan fingerprint density at radius 3 is 2.53 bits per heavy atom. The molecule has 1 amide bonds. The van der Waals surface area contributed by atoms with E-state index in [2.05, 4.69) is 15.2 Å². The Balaban J connectivity index is 1.44. The summed E-state index contributed by atoms with van der Waals surface area (Å²) in [6.07, 6.45) is 0.751. The molecule has 1 saturated heterocycles. The van der Waals surface area contributed by atoms with E-state index >= 15 is 0 Å². The van der Waals surface area contributed by atoms with Crippen LogP contribution in [0, 0.1) is 5.95 Å². The van der Waals surface area contributed by atoms with Gasteiger partial charge < -0.3 is 15.8 Å². The smallest absolute Gasteiger partial charge is 0.251 e. The Morgan fingerprint density at radius 1 is 1.00 bits per heavy atom. The molecule has 3 aromatic rings. The highest BCUT2D eigenvalue weighted by molar-refractivity contribution is 5.97. The minimum atomic E-state index is -0.593. The van der Waals surface area contributed by atoms with Crippen molar-refractivity contribution in [2.75, 3.05) is 38.6 Å². The predicted molar refractivity (Wildman–Crippen MR) is 122 cm³/mol. The summed E-state index contributed by atoms with van der Waals surface area (Å²) >= 11 is 0. The fraction of sp³-hybridized carbons (Fsp3) is 0.280. The van der Waals surface area contributed by atoms with E-state index in [1.807, 2.05) is 36.4 Å². The molecule has 0 spiro atoms. The van der Waals surface area contributed by atoms with Crippen LogP contribution in [0.5, 0.6) is 0 Å². The minimum absolute atomic E-state index is 0.0686. The van der Waals surface area contributed by atoms with E-state index in [1.165, 1.54) is 5.56 Å². The number of hydrogen-bond acceptors (Lipinski definition) is 5. The molecule has 0 saturated carbocycles. The summed E-state index contributed by atoms with van der Waals surface area (Å²) in [4.78, 5) is 18.4. The van der Waals surface area contributed by atoms with Crippen molar-refractivity contribution in [2.24, 2.45) is 0 Å². The van der Waals surface area contributed by atoms with E-state index < -0.39 is 5.95 Å². The number of pyridine rings is 1. The third-order valence-electron chi connectivity index (χ3n) is 6.12. The number of hydrogen-bond donors (Lipinski definition) is 2. The van der Waals surface area contributed by atoms with Crippen LogP contribution in [0.15, 0.2) is 48.5 Å². The second kappa shape index (κ2) is 8.68. The van der Waals surface area contributed by atoms with E-state index in [0.29, 0.717) is 23.2 Å². The fourth-order valence-electron chi connectivity index (χ4n) is 4.34. The van der Waals surface area contributed by atoms with Crippen LogP contribution < -0.4 is 11.1 Å². The maximum atomic E-state index is 14.8. The van der Waals surface area contributed by atoms with Gasteiger partial charge in [0.1, 0.15) is 5.82 Å². The molecule has 0 unspecified atom stereocenters. The second-order valence-corrected chi connectivity index (χ2v) is 8.22. The van der Waals surface area contributed by atoms with Crippen LogP contribution in [-0.2, 0) is 17.7 Å². The van der Waals surface area contributed by atoms with Crippen LogP contribution in [0.25, 0.3) is 22.3 Å². The number of halogens is 1. The summed E-state index contributed by atoms with van der Waals surface area (Å²) in [5.41, 5.74) is 11.5. The molecule has 2 aliphatic rings. The van der Waals surface area contributed by atoms with Gasteiger partial charge in [-0.3, -0.25) is 9.69 Å². The first-order chi connectivity index (χ1) is 15.6. The number of nitrogens with zero attached hydrogens (tertiary/aromatic N) is 2. The van der Waals surface area contributed by atoms with E-state index in [1.54, 1.807) is 12.1 Å². The molecule has 2 aromatic carbocycles. The molecular formula is C25H25FN4O2. The number of carbonyl (C=O) groups is 1. The first-order valence-electron chi connectivity index (χ1n) is 10.9. The van der Waals surface area contributed by atoms with Gasteiger partial charge in [0.15, 0.2) is 0 Å². The molecule has 6 nitrogen and oxygen atoms in total. The Bertz CT molecular complexity index is 1160. The van der Waals surface area contributed by atoms with Crippen molar-refractivity contribution in [1.29, 1.82) is 0 Å². The second-order valence-electron chi connectivity index (χ2n) is 8.22. The zero-order valence-corrected chi connectivity index (χ0v) is 17.7. The maximum absolute atomic E-state index is 14.8.